The van der Waals surface area contributed by atoms with Crippen LogP contribution in [0.1, 0.15) is 46.1 Å². The first-order chi connectivity index (χ1) is 12.8. The highest BCUT2D eigenvalue weighted by Gasteiger charge is 2.33. The maximum absolute atomic E-state index is 12.7. The lowest BCUT2D eigenvalue weighted by Crippen LogP contribution is -2.54. The molecule has 2 amide bonds. The van der Waals surface area contributed by atoms with Crippen molar-refractivity contribution in [1.82, 2.24) is 9.80 Å². The predicted octanol–water partition coefficient (Wildman–Crippen LogP) is 3.01. The van der Waals surface area contributed by atoms with Gasteiger partial charge in [0.1, 0.15) is 6.61 Å². The molecular weight excluding hydrogens is 342 g/mol. The number of nitrogens with zero attached hydrogens (tertiary/aromatic N) is 2. The van der Waals surface area contributed by atoms with Crippen molar-refractivity contribution >= 4 is 12.0 Å². The molecule has 0 bridgehead atoms. The molecule has 0 spiro atoms. The third-order valence-electron chi connectivity index (χ3n) is 5.15. The monoisotopic (exact) mass is 375 g/mol. The molecule has 1 saturated heterocycles. The summed E-state index contributed by atoms with van der Waals surface area (Å²) in [5, 5.41) is 0. The minimum Gasteiger partial charge on any atom is -0.445 e. The third kappa shape index (κ3) is 5.70. The van der Waals surface area contributed by atoms with Gasteiger partial charge in [-0.25, -0.2) is 4.79 Å². The summed E-state index contributed by atoms with van der Waals surface area (Å²) in [4.78, 5) is 28.8. The normalized spacial score (nSPS) is 16.5. The Morgan fingerprint density at radius 2 is 1.74 bits per heavy atom. The van der Waals surface area contributed by atoms with E-state index in [1.165, 1.54) is 0 Å². The molecule has 2 N–H and O–H groups in total. The van der Waals surface area contributed by atoms with E-state index in [0.717, 1.165) is 18.4 Å². The minimum absolute atomic E-state index is 0.00574. The quantitative estimate of drug-likeness (QED) is 0.829. The molecule has 1 aliphatic heterocycles. The second-order valence-electron chi connectivity index (χ2n) is 7.87. The molecule has 1 aliphatic rings. The average molecular weight is 376 g/mol. The van der Waals surface area contributed by atoms with Gasteiger partial charge >= 0.3 is 6.09 Å². The number of carbonyl (C=O) groups excluding carboxylic acids is 2. The molecule has 1 aromatic rings. The Bertz CT molecular complexity index is 610. The third-order valence-corrected chi connectivity index (χ3v) is 5.15. The summed E-state index contributed by atoms with van der Waals surface area (Å²) in [5.41, 5.74) is 6.97. The molecule has 1 fully saturated rings. The van der Waals surface area contributed by atoms with Crippen molar-refractivity contribution in [3.63, 3.8) is 0 Å². The summed E-state index contributed by atoms with van der Waals surface area (Å²) in [6.45, 7) is 9.42. The van der Waals surface area contributed by atoms with Crippen LogP contribution in [0.5, 0.6) is 0 Å². The number of likely N-dealkylation sites (tertiary alicyclic amines) is 1. The van der Waals surface area contributed by atoms with Gasteiger partial charge in [0.25, 0.3) is 0 Å². The van der Waals surface area contributed by atoms with E-state index >= 15 is 0 Å². The van der Waals surface area contributed by atoms with E-state index in [4.69, 9.17) is 10.5 Å². The highest BCUT2D eigenvalue weighted by molar-refractivity contribution is 5.82. The van der Waals surface area contributed by atoms with Crippen LogP contribution in [0.4, 0.5) is 4.79 Å². The Hall–Kier alpha value is -2.08. The maximum atomic E-state index is 12.7. The van der Waals surface area contributed by atoms with Crippen LogP contribution in [0.25, 0.3) is 0 Å². The average Bonchev–Trinajstić information content (AvgIpc) is 2.66. The lowest BCUT2D eigenvalue weighted by Gasteiger charge is -2.40. The fourth-order valence-corrected chi connectivity index (χ4v) is 3.44. The van der Waals surface area contributed by atoms with E-state index in [1.807, 2.05) is 67.8 Å². The summed E-state index contributed by atoms with van der Waals surface area (Å²) in [7, 11) is 0. The second kappa shape index (κ2) is 9.74. The Morgan fingerprint density at radius 3 is 2.26 bits per heavy atom. The van der Waals surface area contributed by atoms with Gasteiger partial charge in [-0.1, -0.05) is 44.2 Å². The van der Waals surface area contributed by atoms with Gasteiger partial charge in [-0.3, -0.25) is 4.79 Å². The number of benzene rings is 1. The zero-order valence-electron chi connectivity index (χ0n) is 16.9. The van der Waals surface area contributed by atoms with Crippen molar-refractivity contribution in [2.75, 3.05) is 13.1 Å². The zero-order valence-corrected chi connectivity index (χ0v) is 16.9. The molecule has 0 aliphatic carbocycles. The number of piperidine rings is 1. The Morgan fingerprint density at radius 1 is 1.15 bits per heavy atom. The molecule has 6 nitrogen and oxygen atoms in total. The number of hydrogen-bond donors (Lipinski definition) is 1. The minimum atomic E-state index is -0.460. The SMILES string of the molecule is CC(C)[C@H](N)C(=O)N1CCC(N(C(=O)OCc2ccccc2)C(C)C)CC1. The highest BCUT2D eigenvalue weighted by atomic mass is 16.6. The van der Waals surface area contributed by atoms with Crippen LogP contribution < -0.4 is 5.73 Å². The van der Waals surface area contributed by atoms with Gasteiger partial charge in [-0.05, 0) is 38.2 Å². The van der Waals surface area contributed by atoms with E-state index in [9.17, 15) is 9.59 Å². The molecule has 6 heteroatoms. The molecule has 1 heterocycles. The van der Waals surface area contributed by atoms with Crippen molar-refractivity contribution in [2.45, 2.75) is 65.3 Å². The first kappa shape index (κ1) is 21.2. The van der Waals surface area contributed by atoms with Gasteiger partial charge in [-0.15, -0.1) is 0 Å². The number of rotatable bonds is 6. The molecule has 0 aromatic heterocycles. The van der Waals surface area contributed by atoms with Gasteiger partial charge in [-0.2, -0.15) is 0 Å². The Kier molecular flexibility index (Phi) is 7.66. The van der Waals surface area contributed by atoms with Crippen molar-refractivity contribution < 1.29 is 14.3 Å². The van der Waals surface area contributed by atoms with Crippen LogP contribution in [0.2, 0.25) is 0 Å². The summed E-state index contributed by atoms with van der Waals surface area (Å²) < 4.78 is 5.54. The molecular formula is C21H33N3O3. The molecule has 27 heavy (non-hydrogen) atoms. The molecule has 1 aromatic carbocycles. The van der Waals surface area contributed by atoms with Gasteiger partial charge in [0.05, 0.1) is 6.04 Å². The molecule has 150 valence electrons. The van der Waals surface area contributed by atoms with Crippen molar-refractivity contribution in [1.29, 1.82) is 0 Å². The van der Waals surface area contributed by atoms with Crippen LogP contribution in [-0.2, 0) is 16.1 Å². The van der Waals surface area contributed by atoms with Gasteiger partial charge in [0.15, 0.2) is 0 Å². The maximum Gasteiger partial charge on any atom is 0.410 e. The number of hydrogen-bond acceptors (Lipinski definition) is 4. The summed E-state index contributed by atoms with van der Waals surface area (Å²) in [6.07, 6.45) is 1.20. The smallest absolute Gasteiger partial charge is 0.410 e. The van der Waals surface area contributed by atoms with Crippen molar-refractivity contribution in [2.24, 2.45) is 11.7 Å². The summed E-state index contributed by atoms with van der Waals surface area (Å²) in [5.74, 6) is 0.126. The number of amides is 2. The van der Waals surface area contributed by atoms with Crippen LogP contribution in [0.3, 0.4) is 0 Å². The van der Waals surface area contributed by atoms with Crippen LogP contribution >= 0.6 is 0 Å². The fourth-order valence-electron chi connectivity index (χ4n) is 3.44. The van der Waals surface area contributed by atoms with Crippen LogP contribution in [0, 0.1) is 5.92 Å². The lowest BCUT2D eigenvalue weighted by atomic mass is 9.99. The van der Waals surface area contributed by atoms with E-state index in [2.05, 4.69) is 0 Å². The van der Waals surface area contributed by atoms with E-state index < -0.39 is 6.04 Å². The first-order valence-corrected chi connectivity index (χ1v) is 9.84. The van der Waals surface area contributed by atoms with Gasteiger partial charge < -0.3 is 20.3 Å². The molecule has 1 atom stereocenters. The highest BCUT2D eigenvalue weighted by Crippen LogP contribution is 2.21. The van der Waals surface area contributed by atoms with Crippen LogP contribution in [0.15, 0.2) is 30.3 Å². The van der Waals surface area contributed by atoms with Crippen molar-refractivity contribution in [3.8, 4) is 0 Å². The largest absolute Gasteiger partial charge is 0.445 e. The molecule has 2 rings (SSSR count). The zero-order chi connectivity index (χ0) is 20.0. The number of nitrogens with two attached hydrogens (primary N) is 1. The number of carbonyl (C=O) groups is 2. The Balaban J connectivity index is 1.92. The summed E-state index contributed by atoms with van der Waals surface area (Å²) >= 11 is 0. The summed E-state index contributed by atoms with van der Waals surface area (Å²) in [6, 6.07) is 9.33. The number of ether oxygens (including phenoxy) is 1. The lowest BCUT2D eigenvalue weighted by molar-refractivity contribution is -0.135. The van der Waals surface area contributed by atoms with E-state index in [0.29, 0.717) is 13.1 Å². The van der Waals surface area contributed by atoms with Gasteiger partial charge in [0, 0.05) is 25.2 Å². The molecule has 0 saturated carbocycles. The molecule has 0 radical (unpaired) electrons. The van der Waals surface area contributed by atoms with Gasteiger partial charge in [0.2, 0.25) is 5.91 Å². The van der Waals surface area contributed by atoms with Crippen LogP contribution in [-0.4, -0.2) is 53.0 Å². The second-order valence-corrected chi connectivity index (χ2v) is 7.87. The van der Waals surface area contributed by atoms with E-state index in [-0.39, 0.29) is 36.6 Å². The van der Waals surface area contributed by atoms with Crippen molar-refractivity contribution in [3.05, 3.63) is 35.9 Å². The first-order valence-electron chi connectivity index (χ1n) is 9.84. The topological polar surface area (TPSA) is 75.9 Å². The fraction of sp³-hybridized carbons (Fsp3) is 0.619. The Labute approximate surface area is 162 Å². The van der Waals surface area contributed by atoms with E-state index in [1.54, 1.807) is 0 Å². The predicted molar refractivity (Wildman–Crippen MR) is 106 cm³/mol. The molecule has 0 unspecified atom stereocenters. The standard InChI is InChI=1S/C21H33N3O3/c1-15(2)19(22)20(25)23-12-10-18(11-13-23)24(16(3)4)21(26)27-14-17-8-6-5-7-9-17/h5-9,15-16,18-19H,10-14,22H2,1-4H3/t19-/m0/s1.